The van der Waals surface area contributed by atoms with Crippen LogP contribution in [0.15, 0.2) is 77.7 Å². The molecule has 1 aliphatic rings. The fourth-order valence-corrected chi connectivity index (χ4v) is 2.58. The van der Waals surface area contributed by atoms with Gasteiger partial charge in [0.25, 0.3) is 0 Å². The van der Waals surface area contributed by atoms with Crippen LogP contribution in [0, 0.1) is 0 Å². The standard InChI is InChI=1S/C18H13N3/c1-2-6-15-13(5-1)11-14(12-21-15)18(16-7-3-9-19-16)17-8-4-10-20-17/h1-12,19H/b18-17-. The van der Waals surface area contributed by atoms with Gasteiger partial charge in [-0.05, 0) is 36.4 Å². The summed E-state index contributed by atoms with van der Waals surface area (Å²) < 4.78 is 0. The highest BCUT2D eigenvalue weighted by atomic mass is 14.8. The number of nitrogens with one attached hydrogen (secondary N) is 1. The molecule has 3 heterocycles. The van der Waals surface area contributed by atoms with Gasteiger partial charge >= 0.3 is 0 Å². The molecular weight excluding hydrogens is 258 g/mol. The second-order valence-corrected chi connectivity index (χ2v) is 4.90. The lowest BCUT2D eigenvalue weighted by molar-refractivity contribution is 1.30. The summed E-state index contributed by atoms with van der Waals surface area (Å²) in [6.07, 6.45) is 9.62. The van der Waals surface area contributed by atoms with Crippen LogP contribution in [0.2, 0.25) is 0 Å². The quantitative estimate of drug-likeness (QED) is 0.753. The molecule has 0 saturated heterocycles. The molecule has 0 atom stereocenters. The summed E-state index contributed by atoms with van der Waals surface area (Å²) >= 11 is 0. The number of H-pyrrole nitrogens is 1. The van der Waals surface area contributed by atoms with Gasteiger partial charge in [0, 0.05) is 40.8 Å². The fraction of sp³-hybridized carbons (Fsp3) is 0. The SMILES string of the molecule is C1=C/C(=C(\c2cnc3ccccc3c2)c2ccc[nH]2)N=C1. The molecule has 3 aromatic rings. The summed E-state index contributed by atoms with van der Waals surface area (Å²) in [6, 6.07) is 14.3. The molecule has 2 aromatic heterocycles. The third-order valence-electron chi connectivity index (χ3n) is 3.56. The third-order valence-corrected chi connectivity index (χ3v) is 3.56. The van der Waals surface area contributed by atoms with Gasteiger partial charge in [-0.2, -0.15) is 0 Å². The molecule has 0 unspecified atom stereocenters. The van der Waals surface area contributed by atoms with E-state index < -0.39 is 0 Å². The van der Waals surface area contributed by atoms with E-state index in [1.807, 2.05) is 55.0 Å². The molecule has 0 aliphatic carbocycles. The first-order valence-corrected chi connectivity index (χ1v) is 6.86. The lowest BCUT2D eigenvalue weighted by atomic mass is 10.0. The molecule has 0 spiro atoms. The van der Waals surface area contributed by atoms with Crippen LogP contribution in [0.1, 0.15) is 11.3 Å². The largest absolute Gasteiger partial charge is 0.361 e. The highest BCUT2D eigenvalue weighted by Crippen LogP contribution is 2.29. The summed E-state index contributed by atoms with van der Waals surface area (Å²) in [5.74, 6) is 0. The Hall–Kier alpha value is -2.94. The zero-order valence-corrected chi connectivity index (χ0v) is 11.3. The van der Waals surface area contributed by atoms with E-state index in [1.54, 1.807) is 0 Å². The molecule has 21 heavy (non-hydrogen) atoms. The molecule has 4 rings (SSSR count). The average molecular weight is 271 g/mol. The van der Waals surface area contributed by atoms with E-state index in [0.717, 1.165) is 33.4 Å². The molecule has 0 radical (unpaired) electrons. The van der Waals surface area contributed by atoms with E-state index >= 15 is 0 Å². The van der Waals surface area contributed by atoms with E-state index in [9.17, 15) is 0 Å². The number of rotatable bonds is 2. The van der Waals surface area contributed by atoms with Gasteiger partial charge in [-0.15, -0.1) is 0 Å². The van der Waals surface area contributed by atoms with Crippen molar-refractivity contribution in [1.29, 1.82) is 0 Å². The van der Waals surface area contributed by atoms with Gasteiger partial charge in [0.05, 0.1) is 11.2 Å². The van der Waals surface area contributed by atoms with E-state index in [4.69, 9.17) is 0 Å². The molecule has 0 fully saturated rings. The Balaban J connectivity index is 1.96. The first kappa shape index (κ1) is 11.9. The molecular formula is C18H13N3. The van der Waals surface area contributed by atoms with Crippen LogP contribution < -0.4 is 0 Å². The lowest BCUT2D eigenvalue weighted by Crippen LogP contribution is -1.93. The zero-order valence-electron chi connectivity index (χ0n) is 11.3. The lowest BCUT2D eigenvalue weighted by Gasteiger charge is -2.09. The Morgan fingerprint density at radius 2 is 2.00 bits per heavy atom. The molecule has 0 amide bonds. The predicted molar refractivity (Wildman–Crippen MR) is 86.2 cm³/mol. The Labute approximate surface area is 122 Å². The maximum atomic E-state index is 4.56. The van der Waals surface area contributed by atoms with Gasteiger partial charge in [0.2, 0.25) is 0 Å². The van der Waals surface area contributed by atoms with Crippen LogP contribution in [0.5, 0.6) is 0 Å². The monoisotopic (exact) mass is 271 g/mol. The Bertz CT molecular complexity index is 870. The van der Waals surface area contributed by atoms with E-state index in [2.05, 4.69) is 33.2 Å². The molecule has 1 N–H and O–H groups in total. The minimum absolute atomic E-state index is 0.953. The van der Waals surface area contributed by atoms with Crippen molar-refractivity contribution in [2.45, 2.75) is 0 Å². The van der Waals surface area contributed by atoms with Gasteiger partial charge in [0.1, 0.15) is 0 Å². The number of aromatic nitrogens is 2. The number of para-hydroxylation sites is 1. The smallest absolute Gasteiger partial charge is 0.0730 e. The van der Waals surface area contributed by atoms with Crippen molar-refractivity contribution in [2.75, 3.05) is 0 Å². The minimum atomic E-state index is 0.953. The molecule has 0 bridgehead atoms. The number of hydrogen-bond donors (Lipinski definition) is 1. The Kier molecular flexibility index (Phi) is 2.75. The van der Waals surface area contributed by atoms with Crippen molar-refractivity contribution in [1.82, 2.24) is 9.97 Å². The highest BCUT2D eigenvalue weighted by molar-refractivity contribution is 5.90. The number of aliphatic imine (C=N–C) groups is 1. The normalized spacial score (nSPS) is 15.8. The van der Waals surface area contributed by atoms with Crippen molar-refractivity contribution in [2.24, 2.45) is 4.99 Å². The fourth-order valence-electron chi connectivity index (χ4n) is 2.58. The van der Waals surface area contributed by atoms with E-state index in [0.29, 0.717) is 0 Å². The van der Waals surface area contributed by atoms with Gasteiger partial charge in [-0.25, -0.2) is 0 Å². The van der Waals surface area contributed by atoms with Crippen LogP contribution in [0.3, 0.4) is 0 Å². The summed E-state index contributed by atoms with van der Waals surface area (Å²) in [4.78, 5) is 12.3. The molecule has 0 saturated carbocycles. The molecule has 1 aliphatic heterocycles. The van der Waals surface area contributed by atoms with Crippen LogP contribution in [0.4, 0.5) is 0 Å². The molecule has 3 heteroatoms. The van der Waals surface area contributed by atoms with Crippen LogP contribution >= 0.6 is 0 Å². The molecule has 100 valence electrons. The van der Waals surface area contributed by atoms with Crippen molar-refractivity contribution in [3.8, 4) is 0 Å². The van der Waals surface area contributed by atoms with Crippen molar-refractivity contribution in [3.63, 3.8) is 0 Å². The predicted octanol–water partition coefficient (Wildman–Crippen LogP) is 3.96. The number of fused-ring (bicyclic) bond motifs is 1. The first-order valence-electron chi connectivity index (χ1n) is 6.86. The Morgan fingerprint density at radius 1 is 1.05 bits per heavy atom. The van der Waals surface area contributed by atoms with Crippen LogP contribution in [-0.2, 0) is 0 Å². The van der Waals surface area contributed by atoms with Gasteiger partial charge < -0.3 is 4.98 Å². The molecule has 1 aromatic carbocycles. The second kappa shape index (κ2) is 4.87. The van der Waals surface area contributed by atoms with Gasteiger partial charge in [-0.1, -0.05) is 18.2 Å². The van der Waals surface area contributed by atoms with Crippen molar-refractivity contribution < 1.29 is 0 Å². The molecule has 3 nitrogen and oxygen atoms in total. The van der Waals surface area contributed by atoms with Crippen molar-refractivity contribution >= 4 is 22.7 Å². The zero-order chi connectivity index (χ0) is 14.1. The topological polar surface area (TPSA) is 41.0 Å². The van der Waals surface area contributed by atoms with E-state index in [-0.39, 0.29) is 0 Å². The number of nitrogens with zero attached hydrogens (tertiary/aromatic N) is 2. The number of hydrogen-bond acceptors (Lipinski definition) is 2. The summed E-state index contributed by atoms with van der Waals surface area (Å²) in [7, 11) is 0. The average Bonchev–Trinajstić information content (AvgIpc) is 3.21. The maximum Gasteiger partial charge on any atom is 0.0730 e. The number of aromatic amines is 1. The van der Waals surface area contributed by atoms with Gasteiger partial charge in [0.15, 0.2) is 0 Å². The number of benzene rings is 1. The number of allylic oxidation sites excluding steroid dienone is 2. The maximum absolute atomic E-state index is 4.56. The van der Waals surface area contributed by atoms with E-state index in [1.165, 1.54) is 0 Å². The first-order chi connectivity index (χ1) is 10.4. The highest BCUT2D eigenvalue weighted by Gasteiger charge is 2.13. The number of pyridine rings is 1. The summed E-state index contributed by atoms with van der Waals surface area (Å²) in [5, 5.41) is 1.13. The van der Waals surface area contributed by atoms with Gasteiger partial charge in [-0.3, -0.25) is 9.98 Å². The summed E-state index contributed by atoms with van der Waals surface area (Å²) in [5.41, 5.74) is 5.14. The van der Waals surface area contributed by atoms with Crippen LogP contribution in [0.25, 0.3) is 16.5 Å². The summed E-state index contributed by atoms with van der Waals surface area (Å²) in [6.45, 7) is 0. The van der Waals surface area contributed by atoms with Crippen molar-refractivity contribution in [3.05, 3.63) is 84.0 Å². The minimum Gasteiger partial charge on any atom is -0.361 e. The second-order valence-electron chi connectivity index (χ2n) is 4.90. The van der Waals surface area contributed by atoms with Crippen LogP contribution in [-0.4, -0.2) is 16.2 Å². The Morgan fingerprint density at radius 3 is 2.81 bits per heavy atom. The third kappa shape index (κ3) is 2.09.